The van der Waals surface area contributed by atoms with Crippen LogP contribution in [0.25, 0.3) is 0 Å². The Hall–Kier alpha value is -2.86. The van der Waals surface area contributed by atoms with Gasteiger partial charge in [0.25, 0.3) is 11.8 Å². The SMILES string of the molecule is CC(C)CNC(=O)C1CCCN1C(=O)c1cccc(NC(=O)c2ccc(Cl)cc2)c1. The Labute approximate surface area is 181 Å². The monoisotopic (exact) mass is 427 g/mol. The highest BCUT2D eigenvalue weighted by Crippen LogP contribution is 2.22. The van der Waals surface area contributed by atoms with Gasteiger partial charge in [0.2, 0.25) is 5.91 Å². The van der Waals surface area contributed by atoms with E-state index in [2.05, 4.69) is 10.6 Å². The van der Waals surface area contributed by atoms with Crippen LogP contribution < -0.4 is 10.6 Å². The summed E-state index contributed by atoms with van der Waals surface area (Å²) >= 11 is 5.86. The number of nitrogens with zero attached hydrogens (tertiary/aromatic N) is 1. The van der Waals surface area contributed by atoms with Crippen molar-refractivity contribution in [2.24, 2.45) is 5.92 Å². The zero-order valence-electron chi connectivity index (χ0n) is 17.2. The molecule has 1 saturated heterocycles. The minimum atomic E-state index is -0.455. The van der Waals surface area contributed by atoms with Crippen LogP contribution in [0.3, 0.4) is 0 Å². The molecule has 0 spiro atoms. The van der Waals surface area contributed by atoms with Crippen molar-refractivity contribution in [1.29, 1.82) is 0 Å². The zero-order chi connectivity index (χ0) is 21.7. The number of rotatable bonds is 6. The van der Waals surface area contributed by atoms with Crippen LogP contribution in [-0.2, 0) is 4.79 Å². The largest absolute Gasteiger partial charge is 0.354 e. The van der Waals surface area contributed by atoms with Crippen LogP contribution in [0.5, 0.6) is 0 Å². The number of halogens is 1. The molecule has 2 N–H and O–H groups in total. The predicted molar refractivity (Wildman–Crippen MR) is 118 cm³/mol. The summed E-state index contributed by atoms with van der Waals surface area (Å²) in [5, 5.41) is 6.27. The first-order valence-electron chi connectivity index (χ1n) is 10.1. The summed E-state index contributed by atoms with van der Waals surface area (Å²) in [5.74, 6) is -0.259. The van der Waals surface area contributed by atoms with Gasteiger partial charge in [-0.05, 0) is 61.2 Å². The summed E-state index contributed by atoms with van der Waals surface area (Å²) in [6.45, 7) is 5.19. The molecule has 0 radical (unpaired) electrons. The molecule has 2 aromatic carbocycles. The number of hydrogen-bond donors (Lipinski definition) is 2. The lowest BCUT2D eigenvalue weighted by molar-refractivity contribution is -0.125. The van der Waals surface area contributed by atoms with Gasteiger partial charge in [-0.15, -0.1) is 0 Å². The molecule has 2 aromatic rings. The number of amides is 3. The molecular weight excluding hydrogens is 402 g/mol. The number of hydrogen-bond acceptors (Lipinski definition) is 3. The Morgan fingerprint density at radius 3 is 2.53 bits per heavy atom. The molecule has 1 unspecified atom stereocenters. The minimum Gasteiger partial charge on any atom is -0.354 e. The van der Waals surface area contributed by atoms with Gasteiger partial charge < -0.3 is 15.5 Å². The summed E-state index contributed by atoms with van der Waals surface area (Å²) in [6.07, 6.45) is 1.45. The van der Waals surface area contributed by atoms with Gasteiger partial charge in [-0.25, -0.2) is 0 Å². The van der Waals surface area contributed by atoms with E-state index >= 15 is 0 Å². The lowest BCUT2D eigenvalue weighted by Crippen LogP contribution is -2.46. The molecule has 0 saturated carbocycles. The molecule has 3 amide bonds. The van der Waals surface area contributed by atoms with E-state index in [9.17, 15) is 14.4 Å². The first-order chi connectivity index (χ1) is 14.3. The highest BCUT2D eigenvalue weighted by Gasteiger charge is 2.34. The van der Waals surface area contributed by atoms with E-state index in [-0.39, 0.29) is 17.7 Å². The number of carbonyl (C=O) groups is 3. The fourth-order valence-electron chi connectivity index (χ4n) is 3.41. The lowest BCUT2D eigenvalue weighted by atomic mass is 10.1. The first kappa shape index (κ1) is 21.8. The normalized spacial score (nSPS) is 15.9. The molecule has 30 heavy (non-hydrogen) atoms. The fraction of sp³-hybridized carbons (Fsp3) is 0.348. The number of anilines is 1. The van der Waals surface area contributed by atoms with Crippen LogP contribution in [0.1, 0.15) is 47.4 Å². The third kappa shape index (κ3) is 5.39. The second-order valence-corrected chi connectivity index (χ2v) is 8.27. The lowest BCUT2D eigenvalue weighted by Gasteiger charge is -2.24. The van der Waals surface area contributed by atoms with Crippen molar-refractivity contribution in [3.63, 3.8) is 0 Å². The summed E-state index contributed by atoms with van der Waals surface area (Å²) in [4.78, 5) is 39.6. The van der Waals surface area contributed by atoms with E-state index in [1.807, 2.05) is 13.8 Å². The molecule has 1 fully saturated rings. The smallest absolute Gasteiger partial charge is 0.255 e. The van der Waals surface area contributed by atoms with Crippen molar-refractivity contribution in [2.75, 3.05) is 18.4 Å². The molecule has 6 nitrogen and oxygen atoms in total. The molecule has 0 aromatic heterocycles. The van der Waals surface area contributed by atoms with E-state index < -0.39 is 6.04 Å². The number of carbonyl (C=O) groups excluding carboxylic acids is 3. The second-order valence-electron chi connectivity index (χ2n) is 7.84. The molecular formula is C23H26ClN3O3. The van der Waals surface area contributed by atoms with Crippen molar-refractivity contribution in [3.05, 3.63) is 64.7 Å². The molecule has 1 aliphatic rings. The number of benzene rings is 2. The standard InChI is InChI=1S/C23H26ClN3O3/c1-15(2)14-25-22(29)20-7-4-12-27(20)23(30)17-5-3-6-19(13-17)26-21(28)16-8-10-18(24)11-9-16/h3,5-6,8-11,13,15,20H,4,7,12,14H2,1-2H3,(H,25,29)(H,26,28). The van der Waals surface area contributed by atoms with Gasteiger partial charge >= 0.3 is 0 Å². The van der Waals surface area contributed by atoms with E-state index in [4.69, 9.17) is 11.6 Å². The van der Waals surface area contributed by atoms with Crippen LogP contribution in [0.2, 0.25) is 5.02 Å². The molecule has 1 heterocycles. The fourth-order valence-corrected chi connectivity index (χ4v) is 3.53. The Balaban J connectivity index is 1.70. The van der Waals surface area contributed by atoms with Crippen LogP contribution >= 0.6 is 11.6 Å². The van der Waals surface area contributed by atoms with Gasteiger partial charge in [-0.1, -0.05) is 31.5 Å². The van der Waals surface area contributed by atoms with E-state index in [1.54, 1.807) is 53.4 Å². The molecule has 0 aliphatic carbocycles. The Bertz CT molecular complexity index is 928. The zero-order valence-corrected chi connectivity index (χ0v) is 17.9. The van der Waals surface area contributed by atoms with E-state index in [0.29, 0.717) is 47.3 Å². The molecule has 158 valence electrons. The maximum Gasteiger partial charge on any atom is 0.255 e. The van der Waals surface area contributed by atoms with Gasteiger partial charge in [0.1, 0.15) is 6.04 Å². The molecule has 7 heteroatoms. The van der Waals surface area contributed by atoms with Crippen molar-refractivity contribution in [3.8, 4) is 0 Å². The van der Waals surface area contributed by atoms with Crippen LogP contribution in [-0.4, -0.2) is 41.8 Å². The van der Waals surface area contributed by atoms with E-state index in [1.165, 1.54) is 0 Å². The Morgan fingerprint density at radius 2 is 1.83 bits per heavy atom. The third-order valence-electron chi connectivity index (χ3n) is 4.97. The van der Waals surface area contributed by atoms with Gasteiger partial charge in [0, 0.05) is 34.9 Å². The summed E-state index contributed by atoms with van der Waals surface area (Å²) in [6, 6.07) is 12.9. The minimum absolute atomic E-state index is 0.109. The molecule has 0 bridgehead atoms. The highest BCUT2D eigenvalue weighted by atomic mass is 35.5. The van der Waals surface area contributed by atoms with Gasteiger partial charge in [0.15, 0.2) is 0 Å². The first-order valence-corrected chi connectivity index (χ1v) is 10.5. The summed E-state index contributed by atoms with van der Waals surface area (Å²) < 4.78 is 0. The van der Waals surface area contributed by atoms with Crippen molar-refractivity contribution >= 4 is 35.0 Å². The maximum atomic E-state index is 13.1. The predicted octanol–water partition coefficient (Wildman–Crippen LogP) is 3.97. The van der Waals surface area contributed by atoms with Crippen LogP contribution in [0.4, 0.5) is 5.69 Å². The van der Waals surface area contributed by atoms with Crippen LogP contribution in [0.15, 0.2) is 48.5 Å². The molecule has 1 aliphatic heterocycles. The Kier molecular flexibility index (Phi) is 7.11. The average molecular weight is 428 g/mol. The third-order valence-corrected chi connectivity index (χ3v) is 5.23. The second kappa shape index (κ2) is 9.76. The summed E-state index contributed by atoms with van der Waals surface area (Å²) in [5.41, 5.74) is 1.42. The van der Waals surface area contributed by atoms with Crippen LogP contribution in [0, 0.1) is 5.92 Å². The van der Waals surface area contributed by atoms with Gasteiger partial charge in [-0.3, -0.25) is 14.4 Å². The van der Waals surface area contributed by atoms with Crippen molar-refractivity contribution in [2.45, 2.75) is 32.7 Å². The summed E-state index contributed by atoms with van der Waals surface area (Å²) in [7, 11) is 0. The average Bonchev–Trinajstić information content (AvgIpc) is 3.22. The molecule has 3 rings (SSSR count). The van der Waals surface area contributed by atoms with Gasteiger partial charge in [-0.2, -0.15) is 0 Å². The van der Waals surface area contributed by atoms with E-state index in [0.717, 1.165) is 6.42 Å². The highest BCUT2D eigenvalue weighted by molar-refractivity contribution is 6.30. The maximum absolute atomic E-state index is 13.1. The quantitative estimate of drug-likeness (QED) is 0.732. The Morgan fingerprint density at radius 1 is 1.10 bits per heavy atom. The number of nitrogens with one attached hydrogen (secondary N) is 2. The number of likely N-dealkylation sites (tertiary alicyclic amines) is 1. The van der Waals surface area contributed by atoms with Gasteiger partial charge in [0.05, 0.1) is 0 Å². The van der Waals surface area contributed by atoms with Crippen molar-refractivity contribution in [1.82, 2.24) is 10.2 Å². The topological polar surface area (TPSA) is 78.5 Å². The molecule has 1 atom stereocenters. The van der Waals surface area contributed by atoms with Crippen molar-refractivity contribution < 1.29 is 14.4 Å².